The quantitative estimate of drug-likeness (QED) is 0.843. The number of nitrogens with one attached hydrogen (secondary N) is 1. The highest BCUT2D eigenvalue weighted by molar-refractivity contribution is 6.31. The molecule has 1 N–H and O–H groups in total. The van der Waals surface area contributed by atoms with Crippen molar-refractivity contribution in [1.82, 2.24) is 15.1 Å². The first-order valence-corrected chi connectivity index (χ1v) is 7.95. The van der Waals surface area contributed by atoms with Gasteiger partial charge in [-0.15, -0.1) is 0 Å². The van der Waals surface area contributed by atoms with Gasteiger partial charge < -0.3 is 9.80 Å². The zero-order valence-corrected chi connectivity index (χ0v) is 14.2. The van der Waals surface area contributed by atoms with Gasteiger partial charge in [0.05, 0.1) is 5.69 Å². The highest BCUT2D eigenvalue weighted by Gasteiger charge is 2.51. The van der Waals surface area contributed by atoms with Crippen LogP contribution in [0.25, 0.3) is 0 Å². The number of likely N-dealkylation sites (N-methyl/N-ethyl adjacent to an activating group) is 1. The summed E-state index contributed by atoms with van der Waals surface area (Å²) in [5.41, 5.74) is 2.89. The molecule has 3 heterocycles. The zero-order chi connectivity index (χ0) is 17.2. The highest BCUT2D eigenvalue weighted by atomic mass is 35.5. The molecule has 3 aliphatic rings. The van der Waals surface area contributed by atoms with E-state index in [1.807, 2.05) is 48.0 Å². The van der Waals surface area contributed by atoms with Crippen LogP contribution in [0.5, 0.6) is 0 Å². The minimum Gasteiger partial charge on any atom is -0.303 e. The van der Waals surface area contributed by atoms with Crippen molar-refractivity contribution in [1.29, 1.82) is 0 Å². The minimum atomic E-state index is -0.554. The van der Waals surface area contributed by atoms with E-state index in [1.54, 1.807) is 7.05 Å². The van der Waals surface area contributed by atoms with Gasteiger partial charge in [0.15, 0.2) is 12.2 Å². The zero-order valence-electron chi connectivity index (χ0n) is 13.4. The molecule has 1 aromatic rings. The lowest BCUT2D eigenvalue weighted by Crippen LogP contribution is -2.62. The van der Waals surface area contributed by atoms with E-state index < -0.39 is 18.2 Å². The number of allylic oxidation sites excluding steroid dienone is 1. The van der Waals surface area contributed by atoms with Crippen LogP contribution in [0, 0.1) is 6.92 Å². The molecule has 124 valence electrons. The molecule has 2 atom stereocenters. The van der Waals surface area contributed by atoms with Crippen molar-refractivity contribution in [3.63, 3.8) is 0 Å². The molecule has 4 rings (SSSR count). The molecule has 0 radical (unpaired) electrons. The van der Waals surface area contributed by atoms with Gasteiger partial charge in [0, 0.05) is 24.0 Å². The molecule has 0 spiro atoms. The predicted molar refractivity (Wildman–Crippen MR) is 90.6 cm³/mol. The maximum absolute atomic E-state index is 12.3. The Morgan fingerprint density at radius 2 is 2.00 bits per heavy atom. The Balaban J connectivity index is 1.80. The van der Waals surface area contributed by atoms with Crippen molar-refractivity contribution in [3.05, 3.63) is 40.7 Å². The number of fused-ring (bicyclic) bond motifs is 3. The lowest BCUT2D eigenvalue weighted by molar-refractivity contribution is -0.126. The summed E-state index contributed by atoms with van der Waals surface area (Å²) in [4.78, 5) is 34.0. The second kappa shape index (κ2) is 4.98. The number of imide groups is 1. The van der Waals surface area contributed by atoms with Crippen molar-refractivity contribution in [2.75, 3.05) is 11.9 Å². The average Bonchev–Trinajstić information content (AvgIpc) is 3.02. The van der Waals surface area contributed by atoms with Crippen molar-refractivity contribution in [2.24, 2.45) is 4.99 Å². The second-order valence-corrected chi connectivity index (χ2v) is 6.57. The standard InChI is InChI=1S/C16H16ClN5O2/c1-8-4-5-10(17)6-11(8)22-9(2)7-21-12-13(18-15(21)22)20(3)16(24)19-14(12)23/h4-7,12-13H,1-3H3,(H,19,23,24). The number of hydrogen-bond donors (Lipinski definition) is 1. The fourth-order valence-corrected chi connectivity index (χ4v) is 3.49. The van der Waals surface area contributed by atoms with E-state index in [1.165, 1.54) is 4.90 Å². The number of nitrogens with zero attached hydrogens (tertiary/aromatic N) is 4. The van der Waals surface area contributed by atoms with Gasteiger partial charge in [0.2, 0.25) is 5.96 Å². The van der Waals surface area contributed by atoms with Gasteiger partial charge in [-0.25, -0.2) is 9.79 Å². The van der Waals surface area contributed by atoms with Crippen LogP contribution in [0.3, 0.4) is 0 Å². The summed E-state index contributed by atoms with van der Waals surface area (Å²) in [5, 5.41) is 2.99. The van der Waals surface area contributed by atoms with Gasteiger partial charge >= 0.3 is 6.03 Å². The lowest BCUT2D eigenvalue weighted by Gasteiger charge is -2.34. The summed E-state index contributed by atoms with van der Waals surface area (Å²) in [7, 11) is 1.64. The molecule has 0 aromatic heterocycles. The van der Waals surface area contributed by atoms with Crippen molar-refractivity contribution in [3.8, 4) is 0 Å². The summed E-state index contributed by atoms with van der Waals surface area (Å²) in [6, 6.07) is 4.67. The van der Waals surface area contributed by atoms with E-state index in [-0.39, 0.29) is 5.91 Å². The summed E-state index contributed by atoms with van der Waals surface area (Å²) >= 11 is 6.16. The van der Waals surface area contributed by atoms with Gasteiger partial charge in [-0.3, -0.25) is 15.0 Å². The SMILES string of the molecule is CC1=CN2C(=NC3C2C(=O)NC(=O)N3C)N1c1cc(Cl)ccc1C. The number of urea groups is 1. The Bertz CT molecular complexity index is 834. The fourth-order valence-electron chi connectivity index (χ4n) is 3.32. The van der Waals surface area contributed by atoms with Crippen LogP contribution < -0.4 is 10.2 Å². The molecule has 0 bridgehead atoms. The smallest absolute Gasteiger partial charge is 0.303 e. The van der Waals surface area contributed by atoms with Crippen LogP contribution in [0.1, 0.15) is 12.5 Å². The summed E-state index contributed by atoms with van der Waals surface area (Å²) in [6.07, 6.45) is 1.35. The number of benzene rings is 1. The number of rotatable bonds is 1. The molecule has 2 unspecified atom stereocenters. The summed E-state index contributed by atoms with van der Waals surface area (Å²) < 4.78 is 0. The number of carbonyl (C=O) groups excluding carboxylic acids is 2. The molecular weight excluding hydrogens is 330 g/mol. The summed E-state index contributed by atoms with van der Waals surface area (Å²) in [6.45, 7) is 3.94. The average molecular weight is 346 g/mol. The Kier molecular flexibility index (Phi) is 3.11. The monoisotopic (exact) mass is 345 g/mol. The number of hydrogen-bond acceptors (Lipinski definition) is 5. The van der Waals surface area contributed by atoms with Gasteiger partial charge in [-0.2, -0.15) is 0 Å². The Morgan fingerprint density at radius 1 is 1.25 bits per heavy atom. The van der Waals surface area contributed by atoms with Crippen LogP contribution in [0.4, 0.5) is 10.5 Å². The Labute approximate surface area is 144 Å². The first-order valence-electron chi connectivity index (χ1n) is 7.57. The number of aryl methyl sites for hydroxylation is 1. The maximum Gasteiger partial charge on any atom is 0.325 e. The number of carbonyl (C=O) groups is 2. The van der Waals surface area contributed by atoms with Gasteiger partial charge in [0.25, 0.3) is 5.91 Å². The number of aliphatic imine (C=N–C) groups is 1. The summed E-state index contributed by atoms with van der Waals surface area (Å²) in [5.74, 6) is 0.292. The largest absolute Gasteiger partial charge is 0.325 e. The molecule has 1 fully saturated rings. The molecule has 1 aromatic carbocycles. The van der Waals surface area contributed by atoms with E-state index in [0.717, 1.165) is 16.9 Å². The minimum absolute atomic E-state index is 0.337. The van der Waals surface area contributed by atoms with Crippen LogP contribution in [-0.2, 0) is 4.79 Å². The lowest BCUT2D eigenvalue weighted by atomic mass is 10.1. The molecule has 1 saturated heterocycles. The molecule has 24 heavy (non-hydrogen) atoms. The van der Waals surface area contributed by atoms with E-state index in [2.05, 4.69) is 10.3 Å². The topological polar surface area (TPSA) is 68.2 Å². The van der Waals surface area contributed by atoms with E-state index >= 15 is 0 Å². The van der Waals surface area contributed by atoms with Gasteiger partial charge in [-0.05, 0) is 31.5 Å². The van der Waals surface area contributed by atoms with Crippen molar-refractivity contribution < 1.29 is 9.59 Å². The van der Waals surface area contributed by atoms with Crippen molar-refractivity contribution in [2.45, 2.75) is 26.1 Å². The molecule has 0 saturated carbocycles. The van der Waals surface area contributed by atoms with Crippen LogP contribution >= 0.6 is 11.6 Å². The molecule has 0 aliphatic carbocycles. The number of halogens is 1. The van der Waals surface area contributed by atoms with Gasteiger partial charge in [-0.1, -0.05) is 17.7 Å². The van der Waals surface area contributed by atoms with Gasteiger partial charge in [0.1, 0.15) is 0 Å². The van der Waals surface area contributed by atoms with Crippen LogP contribution in [-0.4, -0.2) is 47.0 Å². The third kappa shape index (κ3) is 1.94. The Morgan fingerprint density at radius 3 is 2.75 bits per heavy atom. The molecule has 8 heteroatoms. The number of anilines is 1. The van der Waals surface area contributed by atoms with Crippen LogP contribution in [0.2, 0.25) is 5.02 Å². The van der Waals surface area contributed by atoms with Crippen LogP contribution in [0.15, 0.2) is 35.1 Å². The molecule has 3 aliphatic heterocycles. The molecular formula is C16H16ClN5O2. The predicted octanol–water partition coefficient (Wildman–Crippen LogP) is 1.88. The Hall–Kier alpha value is -2.54. The molecule has 3 amide bonds. The first-order chi connectivity index (χ1) is 11.4. The normalized spacial score (nSPS) is 25.4. The van der Waals surface area contributed by atoms with E-state index in [0.29, 0.717) is 11.0 Å². The third-order valence-electron chi connectivity index (χ3n) is 4.57. The number of guanidine groups is 1. The second-order valence-electron chi connectivity index (χ2n) is 6.14. The molecule has 7 nitrogen and oxygen atoms in total. The number of amides is 3. The van der Waals surface area contributed by atoms with Crippen molar-refractivity contribution >= 4 is 35.2 Å². The first kappa shape index (κ1) is 15.0. The third-order valence-corrected chi connectivity index (χ3v) is 4.80. The van der Waals surface area contributed by atoms with E-state index in [9.17, 15) is 9.59 Å². The van der Waals surface area contributed by atoms with E-state index in [4.69, 9.17) is 11.6 Å². The maximum atomic E-state index is 12.3. The highest BCUT2D eigenvalue weighted by Crippen LogP contribution is 2.37. The fraction of sp³-hybridized carbons (Fsp3) is 0.312.